The Hall–Kier alpha value is -9.12. The number of hydrogen-bond acceptors (Lipinski definition) is 4. The highest BCUT2D eigenvalue weighted by Gasteiger charge is 2.28. The first kappa shape index (κ1) is 43.7. The Labute approximate surface area is 430 Å². The molecule has 0 atom stereocenters. The maximum absolute atomic E-state index is 7.15. The number of benzene rings is 12. The van der Waals surface area contributed by atoms with Gasteiger partial charge in [0.2, 0.25) is 0 Å². The molecule has 0 radical (unpaired) electrons. The van der Waals surface area contributed by atoms with E-state index >= 15 is 0 Å². The van der Waals surface area contributed by atoms with E-state index in [0.717, 1.165) is 111 Å². The zero-order valence-electron chi connectivity index (χ0n) is 41.8. The molecule has 0 aliphatic heterocycles. The van der Waals surface area contributed by atoms with E-state index in [2.05, 4.69) is 268 Å². The number of furan rings is 2. The van der Waals surface area contributed by atoms with Gasteiger partial charge in [0.15, 0.2) is 11.2 Å². The summed E-state index contributed by atoms with van der Waals surface area (Å²) in [6, 6.07) is 83.9. The molecular weight excluding hydrogens is 901 g/mol. The second kappa shape index (κ2) is 17.3. The summed E-state index contributed by atoms with van der Waals surface area (Å²) < 4.78 is 14.3. The van der Waals surface area contributed by atoms with Crippen molar-refractivity contribution in [2.75, 3.05) is 9.80 Å². The van der Waals surface area contributed by atoms with Crippen LogP contribution in [0.4, 0.5) is 34.1 Å². The van der Waals surface area contributed by atoms with Gasteiger partial charge in [-0.05, 0) is 92.0 Å². The van der Waals surface area contributed by atoms with Crippen molar-refractivity contribution in [1.82, 2.24) is 0 Å². The van der Waals surface area contributed by atoms with Gasteiger partial charge in [0.25, 0.3) is 0 Å². The van der Waals surface area contributed by atoms with Crippen molar-refractivity contribution in [3.63, 3.8) is 0 Å². The molecule has 74 heavy (non-hydrogen) atoms. The minimum absolute atomic E-state index is 0.298. The third-order valence-electron chi connectivity index (χ3n) is 15.4. The SMILES string of the molecule is CC(C)c1cccc2c1oc1c(N(c3ccccc3-c3ccccc3)c3ccc4ccc5c(N(c6ccccc6-c6ccccc6)c6cccc7c6oc6c(C(C)C)cccc67)ccc6ccc3c4c65)cccc12. The summed E-state index contributed by atoms with van der Waals surface area (Å²) in [6.45, 7) is 8.96. The number of hydrogen-bond donors (Lipinski definition) is 0. The van der Waals surface area contributed by atoms with Crippen molar-refractivity contribution in [2.45, 2.75) is 39.5 Å². The van der Waals surface area contributed by atoms with Crippen LogP contribution in [0.25, 0.3) is 98.4 Å². The molecule has 0 fully saturated rings. The molecule has 12 aromatic carbocycles. The van der Waals surface area contributed by atoms with Crippen molar-refractivity contribution in [1.29, 1.82) is 0 Å². The molecule has 0 saturated heterocycles. The van der Waals surface area contributed by atoms with Crippen LogP contribution in [0.3, 0.4) is 0 Å². The largest absolute Gasteiger partial charge is 0.454 e. The van der Waals surface area contributed by atoms with Crippen LogP contribution in [-0.2, 0) is 0 Å². The number of fused-ring (bicyclic) bond motifs is 6. The lowest BCUT2D eigenvalue weighted by atomic mass is 9.91. The average molecular weight is 953 g/mol. The molecule has 2 aromatic heterocycles. The molecule has 0 unspecified atom stereocenters. The van der Waals surface area contributed by atoms with E-state index in [1.54, 1.807) is 0 Å². The Bertz CT molecular complexity index is 4160. The van der Waals surface area contributed by atoms with E-state index in [4.69, 9.17) is 8.83 Å². The molecular formula is C70H52N2O2. The lowest BCUT2D eigenvalue weighted by molar-refractivity contribution is 0.657. The number of rotatable bonds is 10. The van der Waals surface area contributed by atoms with Gasteiger partial charge in [-0.25, -0.2) is 0 Å². The third kappa shape index (κ3) is 6.75. The smallest absolute Gasteiger partial charge is 0.159 e. The normalized spacial score (nSPS) is 12.0. The Balaban J connectivity index is 1.06. The van der Waals surface area contributed by atoms with Crippen LogP contribution < -0.4 is 9.80 Å². The average Bonchev–Trinajstić information content (AvgIpc) is 4.04. The van der Waals surface area contributed by atoms with Gasteiger partial charge in [-0.1, -0.05) is 222 Å². The fourth-order valence-corrected chi connectivity index (χ4v) is 11.9. The van der Waals surface area contributed by atoms with Crippen LogP contribution >= 0.6 is 0 Å². The fraction of sp³-hybridized carbons (Fsp3) is 0.0857. The highest BCUT2D eigenvalue weighted by Crippen LogP contribution is 2.53. The van der Waals surface area contributed by atoms with Crippen LogP contribution in [0.1, 0.15) is 50.7 Å². The van der Waals surface area contributed by atoms with Crippen LogP contribution in [-0.4, -0.2) is 0 Å². The molecule has 0 aliphatic rings. The van der Waals surface area contributed by atoms with Gasteiger partial charge in [0.1, 0.15) is 11.2 Å². The molecule has 14 aromatic rings. The second-order valence-corrected chi connectivity index (χ2v) is 20.3. The first-order valence-corrected chi connectivity index (χ1v) is 25.9. The molecule has 0 N–H and O–H groups in total. The highest BCUT2D eigenvalue weighted by atomic mass is 16.3. The maximum atomic E-state index is 7.15. The maximum Gasteiger partial charge on any atom is 0.159 e. The third-order valence-corrected chi connectivity index (χ3v) is 15.4. The topological polar surface area (TPSA) is 32.8 Å². The Morgan fingerprint density at radius 3 is 1.04 bits per heavy atom. The van der Waals surface area contributed by atoms with Crippen molar-refractivity contribution in [3.8, 4) is 22.3 Å². The summed E-state index contributed by atoms with van der Waals surface area (Å²) in [4.78, 5) is 4.90. The molecule has 354 valence electrons. The molecule has 4 nitrogen and oxygen atoms in total. The van der Waals surface area contributed by atoms with Crippen LogP contribution in [0.15, 0.2) is 239 Å². The molecule has 0 aliphatic carbocycles. The minimum Gasteiger partial charge on any atom is -0.454 e. The van der Waals surface area contributed by atoms with Gasteiger partial charge in [0, 0.05) is 43.4 Å². The Morgan fingerprint density at radius 2 is 0.622 bits per heavy atom. The predicted octanol–water partition coefficient (Wildman–Crippen LogP) is 20.9. The van der Waals surface area contributed by atoms with Crippen molar-refractivity contribution in [3.05, 3.63) is 242 Å². The van der Waals surface area contributed by atoms with E-state index in [-0.39, 0.29) is 0 Å². The van der Waals surface area contributed by atoms with E-state index in [9.17, 15) is 0 Å². The highest BCUT2D eigenvalue weighted by molar-refractivity contribution is 6.29. The monoisotopic (exact) mass is 952 g/mol. The summed E-state index contributed by atoms with van der Waals surface area (Å²) in [5.41, 5.74) is 16.8. The summed E-state index contributed by atoms with van der Waals surface area (Å²) in [6.07, 6.45) is 0. The molecule has 0 bridgehead atoms. The van der Waals surface area contributed by atoms with Gasteiger partial charge < -0.3 is 18.6 Å². The van der Waals surface area contributed by atoms with E-state index in [1.807, 2.05) is 0 Å². The fourth-order valence-electron chi connectivity index (χ4n) is 11.9. The summed E-state index contributed by atoms with van der Waals surface area (Å²) in [7, 11) is 0. The Kier molecular flexibility index (Phi) is 10.2. The first-order valence-electron chi connectivity index (χ1n) is 25.9. The molecule has 0 amide bonds. The quantitative estimate of drug-likeness (QED) is 0.128. The lowest BCUT2D eigenvalue weighted by Gasteiger charge is -2.31. The lowest BCUT2D eigenvalue weighted by Crippen LogP contribution is -2.13. The molecule has 4 heteroatoms. The molecule has 0 saturated carbocycles. The van der Waals surface area contributed by atoms with E-state index in [1.165, 1.54) is 32.7 Å². The minimum atomic E-state index is 0.298. The number of nitrogens with zero attached hydrogens (tertiary/aromatic N) is 2. The summed E-state index contributed by atoms with van der Waals surface area (Å²) in [5, 5.41) is 11.5. The van der Waals surface area contributed by atoms with E-state index in [0.29, 0.717) is 11.8 Å². The van der Waals surface area contributed by atoms with Gasteiger partial charge in [-0.15, -0.1) is 0 Å². The zero-order chi connectivity index (χ0) is 49.6. The van der Waals surface area contributed by atoms with Gasteiger partial charge in [0.05, 0.1) is 34.1 Å². The Morgan fingerprint density at radius 1 is 0.270 bits per heavy atom. The van der Waals surface area contributed by atoms with Gasteiger partial charge in [-0.3, -0.25) is 0 Å². The second-order valence-electron chi connectivity index (χ2n) is 20.3. The van der Waals surface area contributed by atoms with Crippen molar-refractivity contribution in [2.24, 2.45) is 0 Å². The first-order chi connectivity index (χ1) is 36.4. The van der Waals surface area contributed by atoms with Gasteiger partial charge >= 0.3 is 0 Å². The van der Waals surface area contributed by atoms with Crippen molar-refractivity contribution < 1.29 is 8.83 Å². The van der Waals surface area contributed by atoms with Gasteiger partial charge in [-0.2, -0.15) is 0 Å². The van der Waals surface area contributed by atoms with Crippen LogP contribution in [0, 0.1) is 0 Å². The van der Waals surface area contributed by atoms with Crippen molar-refractivity contribution >= 4 is 110 Å². The van der Waals surface area contributed by atoms with E-state index < -0.39 is 0 Å². The standard InChI is InChI=1S/C70H52N2O2/c1-43(2)49-25-15-27-53-55-29-17-33-63(69(55)73-67(49)53)71(59-31-13-11-23-51(59)45-19-7-5-8-20-45)61-41-37-47-36-40-58-62(42-38-48-35-39-57(61)65(47)66(48)58)72(60-32-14-12-24-52(60)46-21-9-6-10-22-46)64-34-18-30-56-54-28-16-26-50(44(3)4)68(54)74-70(56)64/h5-44H,1-4H3. The zero-order valence-corrected chi connectivity index (χ0v) is 41.8. The number of para-hydroxylation sites is 6. The van der Waals surface area contributed by atoms with Crippen LogP contribution in [0.5, 0.6) is 0 Å². The van der Waals surface area contributed by atoms with Crippen LogP contribution in [0.2, 0.25) is 0 Å². The predicted molar refractivity (Wildman–Crippen MR) is 313 cm³/mol. The number of anilines is 6. The molecule has 2 heterocycles. The molecule has 14 rings (SSSR count). The summed E-state index contributed by atoms with van der Waals surface area (Å²) in [5.74, 6) is 0.597. The summed E-state index contributed by atoms with van der Waals surface area (Å²) >= 11 is 0. The molecule has 0 spiro atoms.